The van der Waals surface area contributed by atoms with Gasteiger partial charge in [-0.2, -0.15) is 0 Å². The summed E-state index contributed by atoms with van der Waals surface area (Å²) in [6.07, 6.45) is 35.9. The average Bonchev–Trinajstić information content (AvgIpc) is 2.83. The van der Waals surface area contributed by atoms with Crippen LogP contribution in [0.25, 0.3) is 0 Å². The van der Waals surface area contributed by atoms with Gasteiger partial charge in [-0.15, -0.1) is 0 Å². The Morgan fingerprint density at radius 3 is 1.61 bits per heavy atom. The van der Waals surface area contributed by atoms with E-state index in [1.807, 2.05) is 0 Å². The van der Waals surface area contributed by atoms with E-state index in [1.165, 1.54) is 0 Å². The molecule has 0 unspecified atom stereocenters. The standard InChI is InChI=1S/C29H47NO3/c1-2-3-4-5-6-7-8-9-10-11-12-13-14-15-16-17-18-19-20-24-29(33)30-25-22-21-23-28(26-31)27-32/h3-4,6-7,9-10,12-13,15-16,18-19,28,31-32H,2,5,8,11,14,17,20-27H2,1H3,(H,30,33)/b4-3-,7-6-,10-9-,13-12-,16-15-,19-18-. The van der Waals surface area contributed by atoms with Crippen molar-refractivity contribution in [2.24, 2.45) is 5.92 Å². The fraction of sp³-hybridized carbons (Fsp3) is 0.552. The summed E-state index contributed by atoms with van der Waals surface area (Å²) in [5, 5.41) is 20.9. The van der Waals surface area contributed by atoms with Gasteiger partial charge < -0.3 is 15.5 Å². The fourth-order valence-electron chi connectivity index (χ4n) is 2.97. The summed E-state index contributed by atoms with van der Waals surface area (Å²) in [4.78, 5) is 11.8. The van der Waals surface area contributed by atoms with Crippen molar-refractivity contribution in [3.8, 4) is 0 Å². The second-order valence-electron chi connectivity index (χ2n) is 8.03. The van der Waals surface area contributed by atoms with E-state index in [0.717, 1.165) is 64.2 Å². The maximum absolute atomic E-state index is 11.8. The number of carbonyl (C=O) groups excluding carboxylic acids is 1. The van der Waals surface area contributed by atoms with Crippen molar-refractivity contribution in [3.63, 3.8) is 0 Å². The van der Waals surface area contributed by atoms with E-state index < -0.39 is 0 Å². The van der Waals surface area contributed by atoms with E-state index in [-0.39, 0.29) is 25.0 Å². The molecular weight excluding hydrogens is 410 g/mol. The van der Waals surface area contributed by atoms with Crippen LogP contribution in [0.4, 0.5) is 0 Å². The Balaban J connectivity index is 3.57. The van der Waals surface area contributed by atoms with E-state index in [9.17, 15) is 4.79 Å². The Morgan fingerprint density at radius 2 is 1.15 bits per heavy atom. The molecule has 0 bridgehead atoms. The molecule has 4 nitrogen and oxygen atoms in total. The number of hydrogen-bond acceptors (Lipinski definition) is 3. The summed E-state index contributed by atoms with van der Waals surface area (Å²) in [5.41, 5.74) is 0. The molecule has 0 fully saturated rings. The van der Waals surface area contributed by atoms with Crippen LogP contribution in [0.5, 0.6) is 0 Å². The Kier molecular flexibility index (Phi) is 24.4. The molecule has 0 atom stereocenters. The number of nitrogens with one attached hydrogen (secondary N) is 1. The van der Waals surface area contributed by atoms with E-state index in [0.29, 0.717) is 13.0 Å². The van der Waals surface area contributed by atoms with Crippen LogP contribution in [0.2, 0.25) is 0 Å². The van der Waals surface area contributed by atoms with Gasteiger partial charge in [0, 0.05) is 32.1 Å². The summed E-state index contributed by atoms with van der Waals surface area (Å²) >= 11 is 0. The second-order valence-corrected chi connectivity index (χ2v) is 8.03. The summed E-state index contributed by atoms with van der Waals surface area (Å²) < 4.78 is 0. The van der Waals surface area contributed by atoms with E-state index in [4.69, 9.17) is 10.2 Å². The largest absolute Gasteiger partial charge is 0.396 e. The molecule has 0 spiro atoms. The molecule has 0 saturated heterocycles. The number of carbonyl (C=O) groups is 1. The zero-order chi connectivity index (χ0) is 24.2. The molecule has 0 aliphatic rings. The Hall–Kier alpha value is -2.17. The SMILES string of the molecule is CC/C=C\C/C=C\C/C=C\C/C=C\C/C=C\C/C=C\CCC(=O)NCCCCC(CO)CO. The molecule has 0 aromatic rings. The van der Waals surface area contributed by atoms with Crippen molar-refractivity contribution in [2.75, 3.05) is 19.8 Å². The zero-order valence-corrected chi connectivity index (χ0v) is 20.7. The summed E-state index contributed by atoms with van der Waals surface area (Å²) in [7, 11) is 0. The van der Waals surface area contributed by atoms with Crippen LogP contribution in [0, 0.1) is 5.92 Å². The molecule has 186 valence electrons. The molecule has 0 heterocycles. The maximum atomic E-state index is 11.8. The Labute approximate surface area is 202 Å². The highest BCUT2D eigenvalue weighted by Gasteiger charge is 2.05. The zero-order valence-electron chi connectivity index (χ0n) is 20.7. The molecule has 0 aromatic carbocycles. The molecule has 0 aliphatic heterocycles. The van der Waals surface area contributed by atoms with Crippen LogP contribution >= 0.6 is 0 Å². The van der Waals surface area contributed by atoms with Crippen LogP contribution < -0.4 is 5.32 Å². The molecule has 0 aromatic heterocycles. The van der Waals surface area contributed by atoms with Gasteiger partial charge in [-0.05, 0) is 57.8 Å². The lowest BCUT2D eigenvalue weighted by Crippen LogP contribution is -2.24. The number of allylic oxidation sites excluding steroid dienone is 12. The summed E-state index contributed by atoms with van der Waals surface area (Å²) in [5.74, 6) is 0.0456. The number of aliphatic hydroxyl groups is 2. The van der Waals surface area contributed by atoms with Crippen molar-refractivity contribution in [3.05, 3.63) is 72.9 Å². The van der Waals surface area contributed by atoms with Gasteiger partial charge in [-0.25, -0.2) is 0 Å². The number of unbranched alkanes of at least 4 members (excludes halogenated alkanes) is 1. The van der Waals surface area contributed by atoms with Gasteiger partial charge in [0.25, 0.3) is 0 Å². The Bertz CT molecular complexity index is 610. The minimum absolute atomic E-state index is 0.0226. The quantitative estimate of drug-likeness (QED) is 0.139. The maximum Gasteiger partial charge on any atom is 0.220 e. The first-order chi connectivity index (χ1) is 16.2. The van der Waals surface area contributed by atoms with Crippen LogP contribution in [0.15, 0.2) is 72.9 Å². The van der Waals surface area contributed by atoms with Crippen molar-refractivity contribution < 1.29 is 15.0 Å². The van der Waals surface area contributed by atoms with Crippen LogP contribution in [-0.2, 0) is 4.79 Å². The highest BCUT2D eigenvalue weighted by atomic mass is 16.3. The monoisotopic (exact) mass is 457 g/mol. The normalized spacial score (nSPS) is 12.8. The molecule has 3 N–H and O–H groups in total. The van der Waals surface area contributed by atoms with Crippen molar-refractivity contribution in [1.29, 1.82) is 0 Å². The minimum atomic E-state index is -0.0335. The molecule has 0 rings (SSSR count). The third-order valence-corrected chi connectivity index (χ3v) is 5.01. The predicted molar refractivity (Wildman–Crippen MR) is 142 cm³/mol. The van der Waals surface area contributed by atoms with Crippen molar-refractivity contribution >= 4 is 5.91 Å². The molecule has 33 heavy (non-hydrogen) atoms. The fourth-order valence-corrected chi connectivity index (χ4v) is 2.97. The lowest BCUT2D eigenvalue weighted by atomic mass is 10.0. The predicted octanol–water partition coefficient (Wildman–Crippen LogP) is 6.35. The average molecular weight is 458 g/mol. The smallest absolute Gasteiger partial charge is 0.220 e. The molecule has 0 saturated carbocycles. The highest BCUT2D eigenvalue weighted by Crippen LogP contribution is 2.06. The van der Waals surface area contributed by atoms with Gasteiger partial charge >= 0.3 is 0 Å². The van der Waals surface area contributed by atoms with Crippen LogP contribution in [0.1, 0.15) is 77.6 Å². The lowest BCUT2D eigenvalue weighted by molar-refractivity contribution is -0.121. The number of hydrogen-bond donors (Lipinski definition) is 3. The summed E-state index contributed by atoms with van der Waals surface area (Å²) in [6, 6.07) is 0. The van der Waals surface area contributed by atoms with Crippen molar-refractivity contribution in [2.45, 2.75) is 77.6 Å². The van der Waals surface area contributed by atoms with Gasteiger partial charge in [-0.3, -0.25) is 4.79 Å². The van der Waals surface area contributed by atoms with Gasteiger partial charge in [0.1, 0.15) is 0 Å². The molecule has 4 heteroatoms. The van der Waals surface area contributed by atoms with Crippen LogP contribution in [-0.4, -0.2) is 35.9 Å². The third kappa shape index (κ3) is 24.3. The van der Waals surface area contributed by atoms with Gasteiger partial charge in [0.2, 0.25) is 5.91 Å². The number of rotatable bonds is 21. The first kappa shape index (κ1) is 30.8. The van der Waals surface area contributed by atoms with Crippen molar-refractivity contribution in [1.82, 2.24) is 5.32 Å². The molecule has 0 radical (unpaired) electrons. The highest BCUT2D eigenvalue weighted by molar-refractivity contribution is 5.75. The summed E-state index contributed by atoms with van der Waals surface area (Å²) in [6.45, 7) is 2.85. The topological polar surface area (TPSA) is 69.6 Å². The van der Waals surface area contributed by atoms with E-state index in [2.05, 4.69) is 85.2 Å². The first-order valence-corrected chi connectivity index (χ1v) is 12.6. The number of aliphatic hydroxyl groups excluding tert-OH is 2. The molecule has 0 aliphatic carbocycles. The number of amides is 1. The second kappa shape index (κ2) is 26.1. The van der Waals surface area contributed by atoms with Crippen LogP contribution in [0.3, 0.4) is 0 Å². The van der Waals surface area contributed by atoms with Gasteiger partial charge in [0.15, 0.2) is 0 Å². The molecule has 1 amide bonds. The third-order valence-electron chi connectivity index (χ3n) is 5.01. The van der Waals surface area contributed by atoms with Gasteiger partial charge in [0.05, 0.1) is 0 Å². The van der Waals surface area contributed by atoms with E-state index in [1.54, 1.807) is 0 Å². The Morgan fingerprint density at radius 1 is 0.697 bits per heavy atom. The molecular formula is C29H47NO3. The van der Waals surface area contributed by atoms with Gasteiger partial charge in [-0.1, -0.05) is 86.3 Å². The minimum Gasteiger partial charge on any atom is -0.396 e. The lowest BCUT2D eigenvalue weighted by Gasteiger charge is -2.10. The van der Waals surface area contributed by atoms with E-state index >= 15 is 0 Å². The first-order valence-electron chi connectivity index (χ1n) is 12.6.